The van der Waals surface area contributed by atoms with Crippen LogP contribution in [0.2, 0.25) is 0 Å². The third-order valence-electron chi connectivity index (χ3n) is 3.55. The summed E-state index contributed by atoms with van der Waals surface area (Å²) in [4.78, 5) is 23.4. The van der Waals surface area contributed by atoms with Crippen LogP contribution in [0.4, 0.5) is 0 Å². The number of rotatable bonds is 7. The highest BCUT2D eigenvalue weighted by molar-refractivity contribution is 5.84. The third-order valence-corrected chi connectivity index (χ3v) is 3.55. The SMILES string of the molecule is COC(=O)[C@@H](CCCC#N)NC(=O)CC1CCCC1. The van der Waals surface area contributed by atoms with Crippen molar-refractivity contribution < 1.29 is 14.3 Å². The average Bonchev–Trinajstić information content (AvgIpc) is 2.89. The standard InChI is InChI=1S/C14H22N2O3/c1-19-14(18)12(8-4-5-9-15)16-13(17)10-11-6-2-3-7-11/h11-12H,2-8,10H2,1H3,(H,16,17)/t12-/m1/s1. The molecule has 0 aromatic rings. The van der Waals surface area contributed by atoms with Crippen molar-refractivity contribution in [3.8, 4) is 6.07 Å². The fraction of sp³-hybridized carbons (Fsp3) is 0.786. The first-order valence-electron chi connectivity index (χ1n) is 6.91. The van der Waals surface area contributed by atoms with Gasteiger partial charge in [0.1, 0.15) is 6.04 Å². The van der Waals surface area contributed by atoms with Gasteiger partial charge in [-0.1, -0.05) is 12.8 Å². The van der Waals surface area contributed by atoms with Crippen molar-refractivity contribution >= 4 is 11.9 Å². The number of amides is 1. The minimum absolute atomic E-state index is 0.0840. The molecule has 106 valence electrons. The normalized spacial score (nSPS) is 16.6. The largest absolute Gasteiger partial charge is 0.467 e. The molecule has 0 aromatic carbocycles. The summed E-state index contributed by atoms with van der Waals surface area (Å²) in [7, 11) is 1.31. The summed E-state index contributed by atoms with van der Waals surface area (Å²) in [5.74, 6) is -0.0608. The Morgan fingerprint density at radius 3 is 2.68 bits per heavy atom. The Balaban J connectivity index is 2.39. The van der Waals surface area contributed by atoms with Gasteiger partial charge in [0.25, 0.3) is 0 Å². The summed E-state index contributed by atoms with van der Waals surface area (Å²) in [6.45, 7) is 0. The monoisotopic (exact) mass is 266 g/mol. The Morgan fingerprint density at radius 2 is 2.11 bits per heavy atom. The fourth-order valence-corrected chi connectivity index (χ4v) is 2.51. The van der Waals surface area contributed by atoms with E-state index in [4.69, 9.17) is 5.26 Å². The molecule has 1 saturated carbocycles. The summed E-state index contributed by atoms with van der Waals surface area (Å²) >= 11 is 0. The number of hydrogen-bond acceptors (Lipinski definition) is 4. The van der Waals surface area contributed by atoms with Gasteiger partial charge in [0, 0.05) is 12.8 Å². The van der Waals surface area contributed by atoms with Crippen molar-refractivity contribution in [3.05, 3.63) is 0 Å². The molecule has 0 saturated heterocycles. The molecule has 0 heterocycles. The number of carbonyl (C=O) groups is 2. The van der Waals surface area contributed by atoms with Gasteiger partial charge in [-0.2, -0.15) is 5.26 Å². The van der Waals surface area contributed by atoms with E-state index in [1.807, 2.05) is 6.07 Å². The van der Waals surface area contributed by atoms with Crippen molar-refractivity contribution in [2.75, 3.05) is 7.11 Å². The van der Waals surface area contributed by atoms with Crippen molar-refractivity contribution in [2.45, 2.75) is 57.4 Å². The smallest absolute Gasteiger partial charge is 0.328 e. The topological polar surface area (TPSA) is 79.2 Å². The average molecular weight is 266 g/mol. The molecular formula is C14H22N2O3. The van der Waals surface area contributed by atoms with Gasteiger partial charge < -0.3 is 10.1 Å². The molecule has 0 spiro atoms. The molecule has 1 fully saturated rings. The number of esters is 1. The van der Waals surface area contributed by atoms with Gasteiger partial charge in [-0.15, -0.1) is 0 Å². The molecule has 0 aromatic heterocycles. The molecule has 5 nitrogen and oxygen atoms in total. The van der Waals surface area contributed by atoms with Gasteiger partial charge >= 0.3 is 5.97 Å². The molecule has 1 atom stereocenters. The van der Waals surface area contributed by atoms with Crippen molar-refractivity contribution in [1.82, 2.24) is 5.32 Å². The van der Waals surface area contributed by atoms with Crippen molar-refractivity contribution in [2.24, 2.45) is 5.92 Å². The van der Waals surface area contributed by atoms with E-state index in [0.717, 1.165) is 12.8 Å². The first-order valence-corrected chi connectivity index (χ1v) is 6.91. The van der Waals surface area contributed by atoms with E-state index in [2.05, 4.69) is 10.1 Å². The van der Waals surface area contributed by atoms with Gasteiger partial charge in [0.05, 0.1) is 13.2 Å². The highest BCUT2D eigenvalue weighted by Crippen LogP contribution is 2.27. The van der Waals surface area contributed by atoms with Crippen LogP contribution in [0.1, 0.15) is 51.4 Å². The van der Waals surface area contributed by atoms with Crippen LogP contribution >= 0.6 is 0 Å². The van der Waals surface area contributed by atoms with Crippen molar-refractivity contribution in [1.29, 1.82) is 5.26 Å². The van der Waals surface area contributed by atoms with E-state index in [1.54, 1.807) is 0 Å². The van der Waals surface area contributed by atoms with Gasteiger partial charge in [-0.3, -0.25) is 4.79 Å². The number of ether oxygens (including phenoxy) is 1. The number of nitriles is 1. The molecule has 0 unspecified atom stereocenters. The zero-order chi connectivity index (χ0) is 14.1. The van der Waals surface area contributed by atoms with E-state index in [1.165, 1.54) is 20.0 Å². The van der Waals surface area contributed by atoms with E-state index >= 15 is 0 Å². The minimum atomic E-state index is -0.618. The van der Waals surface area contributed by atoms with Crippen LogP contribution in [0.25, 0.3) is 0 Å². The fourth-order valence-electron chi connectivity index (χ4n) is 2.51. The maximum atomic E-state index is 11.9. The second-order valence-corrected chi connectivity index (χ2v) is 5.05. The van der Waals surface area contributed by atoms with Crippen LogP contribution < -0.4 is 5.32 Å². The Labute approximate surface area is 114 Å². The Hall–Kier alpha value is -1.57. The number of nitrogens with one attached hydrogen (secondary N) is 1. The van der Waals surface area contributed by atoms with E-state index in [0.29, 0.717) is 31.6 Å². The third kappa shape index (κ3) is 5.73. The second-order valence-electron chi connectivity index (χ2n) is 5.05. The molecule has 1 amide bonds. The summed E-state index contributed by atoms with van der Waals surface area (Å²) in [5, 5.41) is 11.2. The molecule has 1 N–H and O–H groups in total. The molecular weight excluding hydrogens is 244 g/mol. The van der Waals surface area contributed by atoms with Crippen LogP contribution in [0.3, 0.4) is 0 Å². The van der Waals surface area contributed by atoms with E-state index < -0.39 is 12.0 Å². The lowest BCUT2D eigenvalue weighted by Gasteiger charge is -2.17. The molecule has 1 rings (SSSR count). The predicted molar refractivity (Wildman–Crippen MR) is 70.0 cm³/mol. The zero-order valence-electron chi connectivity index (χ0n) is 11.5. The van der Waals surface area contributed by atoms with E-state index in [-0.39, 0.29) is 5.91 Å². The lowest BCUT2D eigenvalue weighted by Crippen LogP contribution is -2.42. The van der Waals surface area contributed by atoms with Crippen LogP contribution in [-0.2, 0) is 14.3 Å². The van der Waals surface area contributed by atoms with Gasteiger partial charge in [0.15, 0.2) is 0 Å². The lowest BCUT2D eigenvalue weighted by atomic mass is 10.0. The van der Waals surface area contributed by atoms with E-state index in [9.17, 15) is 9.59 Å². The molecule has 19 heavy (non-hydrogen) atoms. The Bertz CT molecular complexity index is 343. The number of unbranched alkanes of at least 4 members (excludes halogenated alkanes) is 1. The molecule has 0 aliphatic heterocycles. The molecule has 0 bridgehead atoms. The Morgan fingerprint density at radius 1 is 1.42 bits per heavy atom. The summed E-state index contributed by atoms with van der Waals surface area (Å²) in [5.41, 5.74) is 0. The maximum Gasteiger partial charge on any atom is 0.328 e. The molecule has 1 aliphatic rings. The predicted octanol–water partition coefficient (Wildman–Crippen LogP) is 1.92. The summed E-state index contributed by atoms with van der Waals surface area (Å²) < 4.78 is 4.68. The Kier molecular flexibility index (Phi) is 6.94. The van der Waals surface area contributed by atoms with Crippen LogP contribution in [0.15, 0.2) is 0 Å². The first kappa shape index (κ1) is 15.5. The highest BCUT2D eigenvalue weighted by Gasteiger charge is 2.24. The number of hydrogen-bond donors (Lipinski definition) is 1. The van der Waals surface area contributed by atoms with Crippen LogP contribution in [0, 0.1) is 17.2 Å². The lowest BCUT2D eigenvalue weighted by molar-refractivity contribution is -0.145. The number of nitrogens with zero attached hydrogens (tertiary/aromatic N) is 1. The second kappa shape index (κ2) is 8.52. The molecule has 5 heteroatoms. The van der Waals surface area contributed by atoms with Crippen LogP contribution in [-0.4, -0.2) is 25.0 Å². The molecule has 1 aliphatic carbocycles. The molecule has 0 radical (unpaired) electrons. The number of methoxy groups -OCH3 is 1. The van der Waals surface area contributed by atoms with Crippen molar-refractivity contribution in [3.63, 3.8) is 0 Å². The summed E-state index contributed by atoms with van der Waals surface area (Å²) in [6.07, 6.45) is 6.50. The van der Waals surface area contributed by atoms with Gasteiger partial charge in [0.2, 0.25) is 5.91 Å². The van der Waals surface area contributed by atoms with Gasteiger partial charge in [-0.25, -0.2) is 4.79 Å². The first-order chi connectivity index (χ1) is 9.17. The maximum absolute atomic E-state index is 11.9. The highest BCUT2D eigenvalue weighted by atomic mass is 16.5. The number of carbonyl (C=O) groups excluding carboxylic acids is 2. The minimum Gasteiger partial charge on any atom is -0.467 e. The van der Waals surface area contributed by atoms with Crippen LogP contribution in [0.5, 0.6) is 0 Å². The quantitative estimate of drug-likeness (QED) is 0.564. The zero-order valence-corrected chi connectivity index (χ0v) is 11.5. The van der Waals surface area contributed by atoms with Gasteiger partial charge in [-0.05, 0) is 31.6 Å². The summed E-state index contributed by atoms with van der Waals surface area (Å²) in [6, 6.07) is 1.41.